The quantitative estimate of drug-likeness (QED) is 0.803. The molecule has 0 saturated heterocycles. The molecule has 2 rings (SSSR count). The van der Waals surface area contributed by atoms with Crippen LogP contribution in [0, 0.1) is 0 Å². The van der Waals surface area contributed by atoms with Crippen LogP contribution in [0.25, 0.3) is 11.0 Å². The zero-order valence-electron chi connectivity index (χ0n) is 9.86. The summed E-state index contributed by atoms with van der Waals surface area (Å²) >= 11 is 3.15. The van der Waals surface area contributed by atoms with Crippen molar-refractivity contribution in [3.8, 4) is 0 Å². The first-order valence-corrected chi connectivity index (χ1v) is 6.71. The first-order chi connectivity index (χ1) is 8.99. The number of hydrogen-bond donors (Lipinski definition) is 0. The predicted molar refractivity (Wildman–Crippen MR) is 71.6 cm³/mol. The van der Waals surface area contributed by atoms with Crippen molar-refractivity contribution in [1.82, 2.24) is 9.97 Å². The molecule has 2 aromatic rings. The van der Waals surface area contributed by atoms with Crippen molar-refractivity contribution in [1.29, 1.82) is 0 Å². The molecule has 1 aromatic carbocycles. The second-order valence-electron chi connectivity index (χ2n) is 3.94. The minimum absolute atomic E-state index is 0.215. The Morgan fingerprint density at radius 3 is 2.47 bits per heavy atom. The molecule has 0 amide bonds. The Morgan fingerprint density at radius 1 is 1.16 bits per heavy atom. The molecule has 0 N–H and O–H groups in total. The highest BCUT2D eigenvalue weighted by Gasteiger charge is 2.31. The fraction of sp³-hybridized carbons (Fsp3) is 0.333. The van der Waals surface area contributed by atoms with Crippen LogP contribution in [-0.4, -0.2) is 34.6 Å². The van der Waals surface area contributed by atoms with Crippen LogP contribution in [0.5, 0.6) is 0 Å². The SMILES string of the molecule is FC(F)(F)CN(CCBr)c1cnc2ccccc2n1. The Kier molecular flexibility index (Phi) is 4.24. The summed E-state index contributed by atoms with van der Waals surface area (Å²) in [7, 11) is 0. The molecule has 7 heteroatoms. The maximum Gasteiger partial charge on any atom is 0.405 e. The van der Waals surface area contributed by atoms with Crippen LogP contribution in [0.3, 0.4) is 0 Å². The lowest BCUT2D eigenvalue weighted by molar-refractivity contribution is -0.119. The summed E-state index contributed by atoms with van der Waals surface area (Å²) in [6, 6.07) is 7.08. The van der Waals surface area contributed by atoms with Gasteiger partial charge in [0.05, 0.1) is 17.2 Å². The van der Waals surface area contributed by atoms with Crippen LogP contribution in [-0.2, 0) is 0 Å². The van der Waals surface area contributed by atoms with E-state index in [0.717, 1.165) is 4.90 Å². The molecule has 0 saturated carbocycles. The lowest BCUT2D eigenvalue weighted by Crippen LogP contribution is -2.36. The van der Waals surface area contributed by atoms with Crippen LogP contribution in [0.2, 0.25) is 0 Å². The van der Waals surface area contributed by atoms with E-state index in [1.165, 1.54) is 6.20 Å². The van der Waals surface area contributed by atoms with Gasteiger partial charge in [-0.2, -0.15) is 13.2 Å². The Labute approximate surface area is 116 Å². The third-order valence-corrected chi connectivity index (χ3v) is 2.84. The molecule has 0 aliphatic rings. The van der Waals surface area contributed by atoms with E-state index in [1.54, 1.807) is 18.2 Å². The highest BCUT2D eigenvalue weighted by molar-refractivity contribution is 9.09. The summed E-state index contributed by atoms with van der Waals surface area (Å²) in [5.74, 6) is 0.232. The van der Waals surface area contributed by atoms with Gasteiger partial charge in [0.1, 0.15) is 12.4 Å². The topological polar surface area (TPSA) is 29.0 Å². The molecule has 1 aromatic heterocycles. The zero-order valence-corrected chi connectivity index (χ0v) is 11.4. The van der Waals surface area contributed by atoms with Crippen molar-refractivity contribution in [3.63, 3.8) is 0 Å². The van der Waals surface area contributed by atoms with Gasteiger partial charge in [-0.3, -0.25) is 4.98 Å². The summed E-state index contributed by atoms with van der Waals surface area (Å²) in [6.07, 6.45) is -2.90. The van der Waals surface area contributed by atoms with Gasteiger partial charge in [-0.15, -0.1) is 0 Å². The van der Waals surface area contributed by atoms with Gasteiger partial charge in [0.15, 0.2) is 0 Å². The number of fused-ring (bicyclic) bond motifs is 1. The average Bonchev–Trinajstić information content (AvgIpc) is 2.36. The molecule has 0 aliphatic heterocycles. The largest absolute Gasteiger partial charge is 0.405 e. The van der Waals surface area contributed by atoms with Crippen LogP contribution >= 0.6 is 15.9 Å². The molecular formula is C12H11BrF3N3. The Morgan fingerprint density at radius 2 is 1.84 bits per heavy atom. The summed E-state index contributed by atoms with van der Waals surface area (Å²) in [6.45, 7) is -0.821. The Balaban J connectivity index is 2.33. The summed E-state index contributed by atoms with van der Waals surface area (Å²) in [4.78, 5) is 9.51. The number of alkyl halides is 4. The van der Waals surface area contributed by atoms with Gasteiger partial charge >= 0.3 is 6.18 Å². The van der Waals surface area contributed by atoms with Crippen molar-refractivity contribution >= 4 is 32.8 Å². The van der Waals surface area contributed by atoms with Crippen molar-refractivity contribution < 1.29 is 13.2 Å². The van der Waals surface area contributed by atoms with Gasteiger partial charge in [0.25, 0.3) is 0 Å². The average molecular weight is 334 g/mol. The molecule has 1 heterocycles. The molecule has 0 bridgehead atoms. The van der Waals surface area contributed by atoms with E-state index in [9.17, 15) is 13.2 Å². The zero-order chi connectivity index (χ0) is 13.9. The second-order valence-corrected chi connectivity index (χ2v) is 4.74. The molecule has 0 spiro atoms. The maximum absolute atomic E-state index is 12.5. The molecule has 0 unspecified atom stereocenters. The van der Waals surface area contributed by atoms with Crippen molar-refractivity contribution in [2.75, 3.05) is 23.3 Å². The normalized spacial score (nSPS) is 11.8. The third-order valence-electron chi connectivity index (χ3n) is 2.48. The van der Waals surface area contributed by atoms with E-state index < -0.39 is 12.7 Å². The first kappa shape index (κ1) is 14.0. The molecule has 3 nitrogen and oxygen atoms in total. The van der Waals surface area contributed by atoms with Crippen LogP contribution in [0.1, 0.15) is 0 Å². The minimum Gasteiger partial charge on any atom is -0.345 e. The van der Waals surface area contributed by atoms with E-state index in [-0.39, 0.29) is 12.4 Å². The fourth-order valence-corrected chi connectivity index (χ4v) is 2.12. The third kappa shape index (κ3) is 3.79. The molecule has 102 valence electrons. The lowest BCUT2D eigenvalue weighted by atomic mass is 10.3. The smallest absolute Gasteiger partial charge is 0.345 e. The van der Waals surface area contributed by atoms with Crippen LogP contribution < -0.4 is 4.90 Å². The maximum atomic E-state index is 12.5. The molecule has 19 heavy (non-hydrogen) atoms. The van der Waals surface area contributed by atoms with Gasteiger partial charge in [-0.25, -0.2) is 4.98 Å². The van der Waals surface area contributed by atoms with Crippen molar-refractivity contribution in [2.45, 2.75) is 6.18 Å². The molecule has 0 atom stereocenters. The first-order valence-electron chi connectivity index (χ1n) is 5.59. The number of benzene rings is 1. The Bertz CT molecular complexity index is 559. The predicted octanol–water partition coefficient (Wildman–Crippen LogP) is 3.39. The summed E-state index contributed by atoms with van der Waals surface area (Å²) in [5.41, 5.74) is 1.25. The molecule has 0 aliphatic carbocycles. The van der Waals surface area contributed by atoms with Crippen LogP contribution in [0.4, 0.5) is 19.0 Å². The minimum atomic E-state index is -4.27. The standard InChI is InChI=1S/C12H11BrF3N3/c13-5-6-19(8-12(14,15)16)11-7-17-9-3-1-2-4-10(9)18-11/h1-4,7H,5-6,8H2. The Hall–Kier alpha value is -1.37. The summed E-state index contributed by atoms with van der Waals surface area (Å²) < 4.78 is 37.6. The molecule has 0 radical (unpaired) electrons. The highest BCUT2D eigenvalue weighted by Crippen LogP contribution is 2.21. The van der Waals surface area contributed by atoms with E-state index in [2.05, 4.69) is 25.9 Å². The second kappa shape index (κ2) is 5.73. The van der Waals surface area contributed by atoms with Crippen molar-refractivity contribution in [3.05, 3.63) is 30.5 Å². The van der Waals surface area contributed by atoms with Gasteiger partial charge in [-0.1, -0.05) is 28.1 Å². The lowest BCUT2D eigenvalue weighted by Gasteiger charge is -2.23. The molecular weight excluding hydrogens is 323 g/mol. The number of nitrogens with zero attached hydrogens (tertiary/aromatic N) is 3. The summed E-state index contributed by atoms with van der Waals surface area (Å²) in [5, 5.41) is 0.428. The van der Waals surface area contributed by atoms with Gasteiger partial charge in [0, 0.05) is 11.9 Å². The monoisotopic (exact) mass is 333 g/mol. The van der Waals surface area contributed by atoms with E-state index >= 15 is 0 Å². The van der Waals surface area contributed by atoms with Crippen molar-refractivity contribution in [2.24, 2.45) is 0 Å². The number of aromatic nitrogens is 2. The van der Waals surface area contributed by atoms with Crippen LogP contribution in [0.15, 0.2) is 30.5 Å². The number of para-hydroxylation sites is 2. The van der Waals surface area contributed by atoms with Gasteiger partial charge in [0.2, 0.25) is 0 Å². The number of halogens is 4. The fourth-order valence-electron chi connectivity index (χ4n) is 1.69. The van der Waals surface area contributed by atoms with Gasteiger partial charge < -0.3 is 4.90 Å². The number of hydrogen-bond acceptors (Lipinski definition) is 3. The van der Waals surface area contributed by atoms with E-state index in [4.69, 9.17) is 0 Å². The molecule has 0 fully saturated rings. The van der Waals surface area contributed by atoms with E-state index in [0.29, 0.717) is 16.4 Å². The number of rotatable bonds is 4. The van der Waals surface area contributed by atoms with Gasteiger partial charge in [-0.05, 0) is 12.1 Å². The number of anilines is 1. The van der Waals surface area contributed by atoms with E-state index in [1.807, 2.05) is 6.07 Å². The highest BCUT2D eigenvalue weighted by atomic mass is 79.9.